The van der Waals surface area contributed by atoms with Crippen molar-refractivity contribution in [3.8, 4) is 0 Å². The zero-order chi connectivity index (χ0) is 16.2. The quantitative estimate of drug-likeness (QED) is 0.791. The Morgan fingerprint density at radius 1 is 1.04 bits per heavy atom. The Bertz CT molecular complexity index is 727. The summed E-state index contributed by atoms with van der Waals surface area (Å²) in [4.78, 5) is 27.3. The highest BCUT2D eigenvalue weighted by Gasteiger charge is 2.22. The normalized spacial score (nSPS) is 13.9. The summed E-state index contributed by atoms with van der Waals surface area (Å²) in [5.41, 5.74) is 1.97. The Labute approximate surface area is 139 Å². The molecule has 2 aromatic rings. The van der Waals surface area contributed by atoms with Crippen molar-refractivity contribution in [3.05, 3.63) is 59.7 Å². The Kier molecular flexibility index (Phi) is 4.67. The number of hydrogen-bond acceptors (Lipinski definition) is 4. The van der Waals surface area contributed by atoms with E-state index in [-0.39, 0.29) is 5.91 Å². The van der Waals surface area contributed by atoms with E-state index >= 15 is 0 Å². The number of rotatable bonds is 2. The molecule has 0 aliphatic carbocycles. The molecule has 0 N–H and O–H groups in total. The first-order valence-electron chi connectivity index (χ1n) is 7.43. The van der Waals surface area contributed by atoms with E-state index in [0.717, 1.165) is 22.8 Å². The lowest BCUT2D eigenvalue weighted by Crippen LogP contribution is -2.31. The molecule has 0 spiro atoms. The molecule has 5 heteroatoms. The monoisotopic (exact) mass is 327 g/mol. The van der Waals surface area contributed by atoms with Crippen LogP contribution in [-0.2, 0) is 4.74 Å². The summed E-state index contributed by atoms with van der Waals surface area (Å²) in [7, 11) is 1.34. The van der Waals surface area contributed by atoms with Crippen molar-refractivity contribution in [1.82, 2.24) is 0 Å². The van der Waals surface area contributed by atoms with Crippen molar-refractivity contribution in [2.75, 3.05) is 24.3 Å². The maximum Gasteiger partial charge on any atom is 0.337 e. The summed E-state index contributed by atoms with van der Waals surface area (Å²) >= 11 is 1.78. The zero-order valence-electron chi connectivity index (χ0n) is 12.8. The van der Waals surface area contributed by atoms with Crippen LogP contribution in [0.5, 0.6) is 0 Å². The van der Waals surface area contributed by atoms with Crippen molar-refractivity contribution in [1.29, 1.82) is 0 Å². The van der Waals surface area contributed by atoms with Crippen LogP contribution in [0.3, 0.4) is 0 Å². The number of hydrogen-bond donors (Lipinski definition) is 0. The van der Waals surface area contributed by atoms with Gasteiger partial charge in [0, 0.05) is 17.0 Å². The van der Waals surface area contributed by atoms with E-state index in [1.165, 1.54) is 7.11 Å². The molecule has 23 heavy (non-hydrogen) atoms. The lowest BCUT2D eigenvalue weighted by Gasteiger charge is -2.22. The molecule has 0 atom stereocenters. The highest BCUT2D eigenvalue weighted by atomic mass is 32.2. The fourth-order valence-electron chi connectivity index (χ4n) is 2.56. The maximum atomic E-state index is 12.9. The van der Waals surface area contributed by atoms with Crippen molar-refractivity contribution in [2.24, 2.45) is 0 Å². The van der Waals surface area contributed by atoms with Gasteiger partial charge in [-0.15, -0.1) is 11.8 Å². The topological polar surface area (TPSA) is 46.6 Å². The molecule has 1 heterocycles. The molecule has 0 aromatic heterocycles. The first kappa shape index (κ1) is 15.6. The minimum absolute atomic E-state index is 0.0450. The maximum absolute atomic E-state index is 12.9. The largest absolute Gasteiger partial charge is 0.465 e. The first-order valence-corrected chi connectivity index (χ1v) is 8.41. The number of carbonyl (C=O) groups excluding carboxylic acids is 2. The first-order chi connectivity index (χ1) is 11.2. The molecule has 2 aromatic carbocycles. The van der Waals surface area contributed by atoms with Crippen molar-refractivity contribution < 1.29 is 14.3 Å². The number of ether oxygens (including phenoxy) is 1. The van der Waals surface area contributed by atoms with Crippen LogP contribution in [0.4, 0.5) is 5.69 Å². The number of amides is 1. The van der Waals surface area contributed by atoms with Gasteiger partial charge >= 0.3 is 5.97 Å². The number of carbonyl (C=O) groups is 2. The van der Waals surface area contributed by atoms with E-state index in [2.05, 4.69) is 4.74 Å². The number of methoxy groups -OCH3 is 1. The average Bonchev–Trinajstić information content (AvgIpc) is 2.83. The molecule has 0 saturated carbocycles. The minimum Gasteiger partial charge on any atom is -0.465 e. The van der Waals surface area contributed by atoms with E-state index in [0.29, 0.717) is 17.7 Å². The van der Waals surface area contributed by atoms with Gasteiger partial charge in [-0.3, -0.25) is 4.79 Å². The number of thioether (sulfide) groups is 1. The summed E-state index contributed by atoms with van der Waals surface area (Å²) in [6.07, 6.45) is 0.950. The minimum atomic E-state index is -0.402. The molecule has 0 unspecified atom stereocenters. The van der Waals surface area contributed by atoms with Crippen LogP contribution in [0.2, 0.25) is 0 Å². The lowest BCUT2D eigenvalue weighted by molar-refractivity contribution is 0.0600. The molecule has 0 fully saturated rings. The summed E-state index contributed by atoms with van der Waals surface area (Å²) in [6, 6.07) is 14.6. The summed E-state index contributed by atoms with van der Waals surface area (Å²) in [5, 5.41) is 0. The third-order valence-corrected chi connectivity index (χ3v) is 4.89. The molecular weight excluding hydrogens is 310 g/mol. The Morgan fingerprint density at radius 2 is 1.74 bits per heavy atom. The number of benzene rings is 2. The molecule has 0 bridgehead atoms. The van der Waals surface area contributed by atoms with Crippen LogP contribution in [0.1, 0.15) is 27.1 Å². The second-order valence-corrected chi connectivity index (χ2v) is 6.33. The molecule has 4 nitrogen and oxygen atoms in total. The fraction of sp³-hybridized carbons (Fsp3) is 0.222. The standard InChI is InChI=1S/C18H17NO3S/c1-22-18(21)14-9-7-13(8-10-14)17(20)19-11-4-12-23-16-6-3-2-5-15(16)19/h2-3,5-10H,4,11-12H2,1H3. The van der Waals surface area contributed by atoms with Gasteiger partial charge in [0.1, 0.15) is 0 Å². The molecule has 1 amide bonds. The second kappa shape index (κ2) is 6.87. The van der Waals surface area contributed by atoms with Gasteiger partial charge in [-0.1, -0.05) is 12.1 Å². The van der Waals surface area contributed by atoms with Gasteiger partial charge in [0.2, 0.25) is 0 Å². The molecule has 0 radical (unpaired) electrons. The molecule has 1 aliphatic rings. The molecular formula is C18H17NO3S. The second-order valence-electron chi connectivity index (χ2n) is 5.20. The zero-order valence-corrected chi connectivity index (χ0v) is 13.6. The number of anilines is 1. The van der Waals surface area contributed by atoms with Crippen molar-refractivity contribution >= 4 is 29.3 Å². The van der Waals surface area contributed by atoms with Crippen LogP contribution in [0, 0.1) is 0 Å². The summed E-state index contributed by atoms with van der Waals surface area (Å²) in [6.45, 7) is 0.696. The lowest BCUT2D eigenvalue weighted by atomic mass is 10.1. The molecule has 118 valence electrons. The van der Waals surface area contributed by atoms with Gasteiger partial charge in [0.15, 0.2) is 0 Å². The van der Waals surface area contributed by atoms with E-state index < -0.39 is 5.97 Å². The smallest absolute Gasteiger partial charge is 0.337 e. The highest BCUT2D eigenvalue weighted by molar-refractivity contribution is 7.99. The van der Waals surface area contributed by atoms with Gasteiger partial charge in [-0.25, -0.2) is 4.79 Å². The van der Waals surface area contributed by atoms with E-state index in [4.69, 9.17) is 0 Å². The van der Waals surface area contributed by atoms with Crippen LogP contribution in [-0.4, -0.2) is 31.3 Å². The molecule has 0 saturated heterocycles. The van der Waals surface area contributed by atoms with Crippen molar-refractivity contribution in [3.63, 3.8) is 0 Å². The van der Waals surface area contributed by atoms with Crippen LogP contribution in [0.25, 0.3) is 0 Å². The van der Waals surface area contributed by atoms with Crippen LogP contribution >= 0.6 is 11.8 Å². The van der Waals surface area contributed by atoms with Gasteiger partial charge < -0.3 is 9.64 Å². The Morgan fingerprint density at radius 3 is 2.48 bits per heavy atom. The average molecular weight is 327 g/mol. The van der Waals surface area contributed by atoms with Crippen LogP contribution < -0.4 is 4.90 Å². The number of esters is 1. The van der Waals surface area contributed by atoms with Gasteiger partial charge in [0.25, 0.3) is 5.91 Å². The number of para-hydroxylation sites is 1. The predicted molar refractivity (Wildman–Crippen MR) is 91.2 cm³/mol. The third-order valence-electron chi connectivity index (χ3n) is 3.74. The highest BCUT2D eigenvalue weighted by Crippen LogP contribution is 2.34. The number of fused-ring (bicyclic) bond motifs is 1. The Hall–Kier alpha value is -2.27. The van der Waals surface area contributed by atoms with Gasteiger partial charge in [0.05, 0.1) is 18.4 Å². The third kappa shape index (κ3) is 3.24. The molecule has 3 rings (SSSR count). The summed E-state index contributed by atoms with van der Waals surface area (Å²) < 4.78 is 4.68. The van der Waals surface area contributed by atoms with E-state index in [1.807, 2.05) is 29.2 Å². The SMILES string of the molecule is COC(=O)c1ccc(C(=O)N2CCCSc3ccccc32)cc1. The van der Waals surface area contributed by atoms with E-state index in [9.17, 15) is 9.59 Å². The van der Waals surface area contributed by atoms with E-state index in [1.54, 1.807) is 36.0 Å². The van der Waals surface area contributed by atoms with Gasteiger partial charge in [-0.05, 0) is 48.6 Å². The number of nitrogens with zero attached hydrogens (tertiary/aromatic N) is 1. The van der Waals surface area contributed by atoms with Crippen molar-refractivity contribution in [2.45, 2.75) is 11.3 Å². The van der Waals surface area contributed by atoms with Crippen LogP contribution in [0.15, 0.2) is 53.4 Å². The Balaban J connectivity index is 1.89. The fourth-order valence-corrected chi connectivity index (χ4v) is 3.56. The predicted octanol–water partition coefficient (Wildman–Crippen LogP) is 3.62. The summed E-state index contributed by atoms with van der Waals surface area (Å²) in [5.74, 6) is 0.555. The molecule has 1 aliphatic heterocycles. The van der Waals surface area contributed by atoms with Gasteiger partial charge in [-0.2, -0.15) is 0 Å².